The summed E-state index contributed by atoms with van der Waals surface area (Å²) < 4.78 is 11.7. The minimum atomic E-state index is -0.940. The molecule has 0 aromatic heterocycles. The summed E-state index contributed by atoms with van der Waals surface area (Å²) in [4.78, 5) is 28.3. The average molecular weight is 536 g/mol. The number of carbonyl (C=O) groups excluding carboxylic acids is 2. The summed E-state index contributed by atoms with van der Waals surface area (Å²) in [6, 6.07) is 17.3. The van der Waals surface area contributed by atoms with Crippen molar-refractivity contribution in [1.29, 1.82) is 0 Å². The number of aromatic hydroxyl groups is 1. The van der Waals surface area contributed by atoms with Crippen molar-refractivity contribution in [2.45, 2.75) is 45.9 Å². The molecule has 7 nitrogen and oxygen atoms in total. The van der Waals surface area contributed by atoms with Gasteiger partial charge in [0.25, 0.3) is 11.7 Å². The number of carbonyl (C=O) groups is 2. The van der Waals surface area contributed by atoms with E-state index in [1.165, 1.54) is 23.1 Å². The van der Waals surface area contributed by atoms with Crippen LogP contribution in [0.3, 0.4) is 0 Å². The SMILES string of the molecule is CCOc1ccc(Cl)c(/C(O)=C2\C(=O)C(=O)N(Cc3ccccc3OC(C)(C)C)C2c2ccc(O)cc2)c1. The Morgan fingerprint density at radius 3 is 2.37 bits per heavy atom. The van der Waals surface area contributed by atoms with E-state index in [4.69, 9.17) is 21.1 Å². The minimum absolute atomic E-state index is 0.0297. The summed E-state index contributed by atoms with van der Waals surface area (Å²) in [5, 5.41) is 21.5. The molecule has 1 atom stereocenters. The Labute approximate surface area is 226 Å². The lowest BCUT2D eigenvalue weighted by molar-refractivity contribution is -0.140. The van der Waals surface area contributed by atoms with Gasteiger partial charge >= 0.3 is 0 Å². The fourth-order valence-corrected chi connectivity index (χ4v) is 4.59. The van der Waals surface area contributed by atoms with E-state index in [1.54, 1.807) is 24.3 Å². The van der Waals surface area contributed by atoms with Crippen molar-refractivity contribution in [3.63, 3.8) is 0 Å². The third-order valence-electron chi connectivity index (χ3n) is 5.98. The zero-order chi connectivity index (χ0) is 27.6. The number of aliphatic hydroxyl groups excluding tert-OH is 1. The lowest BCUT2D eigenvalue weighted by atomic mass is 9.95. The van der Waals surface area contributed by atoms with Gasteiger partial charge in [-0.3, -0.25) is 9.59 Å². The first-order valence-corrected chi connectivity index (χ1v) is 12.6. The molecule has 0 bridgehead atoms. The van der Waals surface area contributed by atoms with Crippen molar-refractivity contribution in [1.82, 2.24) is 4.90 Å². The zero-order valence-electron chi connectivity index (χ0n) is 21.7. The molecule has 0 aliphatic carbocycles. The molecule has 0 spiro atoms. The Hall–Kier alpha value is -3.97. The molecule has 38 heavy (non-hydrogen) atoms. The monoisotopic (exact) mass is 535 g/mol. The number of hydrogen-bond donors (Lipinski definition) is 2. The lowest BCUT2D eigenvalue weighted by Gasteiger charge is -2.28. The maximum Gasteiger partial charge on any atom is 0.295 e. The molecule has 1 fully saturated rings. The van der Waals surface area contributed by atoms with E-state index in [2.05, 4.69) is 0 Å². The molecule has 2 N–H and O–H groups in total. The third kappa shape index (κ3) is 5.63. The van der Waals surface area contributed by atoms with Crippen molar-refractivity contribution in [3.05, 3.63) is 94.0 Å². The van der Waals surface area contributed by atoms with Crippen molar-refractivity contribution in [2.75, 3.05) is 6.61 Å². The zero-order valence-corrected chi connectivity index (χ0v) is 22.5. The summed E-state index contributed by atoms with van der Waals surface area (Å²) in [7, 11) is 0. The van der Waals surface area contributed by atoms with Gasteiger partial charge in [-0.15, -0.1) is 0 Å². The van der Waals surface area contributed by atoms with Gasteiger partial charge in [-0.2, -0.15) is 0 Å². The van der Waals surface area contributed by atoms with Crippen molar-refractivity contribution in [3.8, 4) is 17.2 Å². The highest BCUT2D eigenvalue weighted by Gasteiger charge is 2.46. The Balaban J connectivity index is 1.87. The molecular formula is C30H30ClNO6. The maximum absolute atomic E-state index is 13.4. The molecular weight excluding hydrogens is 506 g/mol. The van der Waals surface area contributed by atoms with Crippen LogP contribution in [0.2, 0.25) is 5.02 Å². The average Bonchev–Trinajstić information content (AvgIpc) is 3.10. The number of likely N-dealkylation sites (tertiary alicyclic amines) is 1. The van der Waals surface area contributed by atoms with Gasteiger partial charge in [0.15, 0.2) is 0 Å². The molecule has 8 heteroatoms. The molecule has 0 radical (unpaired) electrons. The van der Waals surface area contributed by atoms with E-state index in [-0.39, 0.29) is 28.5 Å². The first-order chi connectivity index (χ1) is 18.0. The summed E-state index contributed by atoms with van der Waals surface area (Å²) >= 11 is 6.41. The number of phenolic OH excluding ortho intramolecular Hbond substituents is 1. The molecule has 1 saturated heterocycles. The van der Waals surface area contributed by atoms with Gasteiger partial charge in [-0.1, -0.05) is 41.9 Å². The second-order valence-corrected chi connectivity index (χ2v) is 10.3. The standard InChI is InChI=1S/C30H30ClNO6/c1-5-37-21-14-15-23(31)22(16-21)27(34)25-26(18-10-12-20(33)13-11-18)32(29(36)28(25)35)17-19-8-6-7-9-24(19)38-30(2,3)4/h6-16,26,33-34H,5,17H2,1-4H3/b27-25+. The molecule has 3 aromatic rings. The molecule has 0 saturated carbocycles. The van der Waals surface area contributed by atoms with E-state index < -0.39 is 29.1 Å². The molecule has 4 rings (SSSR count). The van der Waals surface area contributed by atoms with Crippen LogP contribution >= 0.6 is 11.6 Å². The number of benzene rings is 3. The Kier molecular flexibility index (Phi) is 7.69. The van der Waals surface area contributed by atoms with Crippen LogP contribution in [0.15, 0.2) is 72.3 Å². The van der Waals surface area contributed by atoms with Crippen LogP contribution in [0.1, 0.15) is 50.4 Å². The maximum atomic E-state index is 13.4. The number of amides is 1. The Morgan fingerprint density at radius 1 is 1.03 bits per heavy atom. The second-order valence-electron chi connectivity index (χ2n) is 9.92. The van der Waals surface area contributed by atoms with E-state index in [1.807, 2.05) is 52.0 Å². The Morgan fingerprint density at radius 2 is 1.71 bits per heavy atom. The number of halogens is 1. The van der Waals surface area contributed by atoms with Crippen LogP contribution in [0.5, 0.6) is 17.2 Å². The largest absolute Gasteiger partial charge is 0.508 e. The van der Waals surface area contributed by atoms with Gasteiger partial charge in [-0.05, 0) is 69.7 Å². The summed E-state index contributed by atoms with van der Waals surface area (Å²) in [5.74, 6) is -0.947. The van der Waals surface area contributed by atoms with Crippen LogP contribution < -0.4 is 9.47 Å². The number of aliphatic hydroxyl groups is 1. The number of Topliss-reactive ketones (excluding diaryl/α,β-unsaturated/α-hetero) is 1. The van der Waals surface area contributed by atoms with Gasteiger partial charge in [0.1, 0.15) is 28.6 Å². The highest BCUT2D eigenvalue weighted by Crippen LogP contribution is 2.43. The number of rotatable bonds is 7. The summed E-state index contributed by atoms with van der Waals surface area (Å²) in [6.07, 6.45) is 0. The quantitative estimate of drug-likeness (QED) is 0.211. The molecule has 3 aromatic carbocycles. The summed E-state index contributed by atoms with van der Waals surface area (Å²) in [6.45, 7) is 8.04. The number of ether oxygens (including phenoxy) is 2. The molecule has 1 heterocycles. The molecule has 198 valence electrons. The minimum Gasteiger partial charge on any atom is -0.508 e. The highest BCUT2D eigenvalue weighted by atomic mass is 35.5. The number of ketones is 1. The predicted molar refractivity (Wildman–Crippen MR) is 145 cm³/mol. The van der Waals surface area contributed by atoms with Gasteiger partial charge in [0, 0.05) is 11.1 Å². The van der Waals surface area contributed by atoms with Crippen LogP contribution in [-0.4, -0.2) is 39.0 Å². The second kappa shape index (κ2) is 10.8. The molecule has 1 aliphatic heterocycles. The van der Waals surface area contributed by atoms with E-state index in [0.29, 0.717) is 29.2 Å². The normalized spacial score (nSPS) is 17.1. The first-order valence-electron chi connectivity index (χ1n) is 12.3. The number of phenols is 1. The van der Waals surface area contributed by atoms with Crippen LogP contribution in [0.25, 0.3) is 5.76 Å². The highest BCUT2D eigenvalue weighted by molar-refractivity contribution is 6.47. The predicted octanol–water partition coefficient (Wildman–Crippen LogP) is 6.24. The van der Waals surface area contributed by atoms with Gasteiger partial charge in [0.05, 0.1) is 29.8 Å². The van der Waals surface area contributed by atoms with Crippen molar-refractivity contribution in [2.24, 2.45) is 0 Å². The van der Waals surface area contributed by atoms with Crippen LogP contribution in [0.4, 0.5) is 0 Å². The van der Waals surface area contributed by atoms with Crippen LogP contribution in [-0.2, 0) is 16.1 Å². The number of para-hydroxylation sites is 1. The number of hydrogen-bond acceptors (Lipinski definition) is 6. The molecule has 1 unspecified atom stereocenters. The van der Waals surface area contributed by atoms with Gasteiger partial charge < -0.3 is 24.6 Å². The molecule has 1 amide bonds. The van der Waals surface area contributed by atoms with Crippen molar-refractivity contribution < 1.29 is 29.3 Å². The Bertz CT molecular complexity index is 1390. The number of nitrogens with zero attached hydrogens (tertiary/aromatic N) is 1. The van der Waals surface area contributed by atoms with Crippen molar-refractivity contribution >= 4 is 29.1 Å². The fourth-order valence-electron chi connectivity index (χ4n) is 4.38. The third-order valence-corrected chi connectivity index (χ3v) is 6.31. The smallest absolute Gasteiger partial charge is 0.295 e. The van der Waals surface area contributed by atoms with Gasteiger partial charge in [0.2, 0.25) is 0 Å². The first kappa shape index (κ1) is 27.1. The van der Waals surface area contributed by atoms with E-state index >= 15 is 0 Å². The van der Waals surface area contributed by atoms with E-state index in [9.17, 15) is 19.8 Å². The van der Waals surface area contributed by atoms with Gasteiger partial charge in [-0.25, -0.2) is 0 Å². The van der Waals surface area contributed by atoms with Crippen LogP contribution in [0, 0.1) is 0 Å². The lowest BCUT2D eigenvalue weighted by Crippen LogP contribution is -2.30. The fraction of sp³-hybridized carbons (Fsp3) is 0.267. The molecule has 1 aliphatic rings. The topological polar surface area (TPSA) is 96.3 Å². The summed E-state index contributed by atoms with van der Waals surface area (Å²) in [5.41, 5.74) is 0.823. The van der Waals surface area contributed by atoms with E-state index in [0.717, 1.165) is 0 Å².